The van der Waals surface area contributed by atoms with Crippen LogP contribution in [-0.4, -0.2) is 35.2 Å². The average Bonchev–Trinajstić information content (AvgIpc) is 3.56. The number of benzene rings is 2. The Bertz CT molecular complexity index is 1110. The molecule has 2 N–H and O–H groups in total. The van der Waals surface area contributed by atoms with Gasteiger partial charge in [0, 0.05) is 24.0 Å². The number of carbonyl (C=O) groups excluding carboxylic acids is 2. The van der Waals surface area contributed by atoms with Crippen molar-refractivity contribution in [3.63, 3.8) is 0 Å². The Hall–Kier alpha value is -3.39. The number of ether oxygens (including phenoxy) is 1. The van der Waals surface area contributed by atoms with Gasteiger partial charge in [0.05, 0.1) is 5.56 Å². The fraction of sp³-hybridized carbons (Fsp3) is 0.182. The van der Waals surface area contributed by atoms with Crippen LogP contribution in [0.25, 0.3) is 0 Å². The van der Waals surface area contributed by atoms with E-state index in [1.54, 1.807) is 30.3 Å². The molecule has 4 rings (SSSR count). The SMILES string of the molecule is [B]c1cc(Cl)ccc1Oc1ccc(CNC(=O)C2(NC(=O)c3cncnc3)CC2)cc1. The van der Waals surface area contributed by atoms with E-state index in [9.17, 15) is 9.59 Å². The zero-order valence-corrected chi connectivity index (χ0v) is 17.2. The molecule has 0 spiro atoms. The minimum absolute atomic E-state index is 0.216. The molecular formula is C22H18BClN4O3. The minimum Gasteiger partial charge on any atom is -0.458 e. The highest BCUT2D eigenvalue weighted by Gasteiger charge is 2.51. The lowest BCUT2D eigenvalue weighted by molar-refractivity contribution is -0.124. The fourth-order valence-corrected chi connectivity index (χ4v) is 3.19. The van der Waals surface area contributed by atoms with Gasteiger partial charge in [-0.05, 0) is 48.7 Å². The Balaban J connectivity index is 1.31. The summed E-state index contributed by atoms with van der Waals surface area (Å²) in [5.41, 5.74) is 0.784. The molecule has 1 aliphatic carbocycles. The number of hydrogen-bond donors (Lipinski definition) is 2. The van der Waals surface area contributed by atoms with Gasteiger partial charge in [-0.1, -0.05) is 29.2 Å². The van der Waals surface area contributed by atoms with Crippen molar-refractivity contribution >= 4 is 36.7 Å². The molecule has 2 amide bonds. The maximum atomic E-state index is 12.6. The smallest absolute Gasteiger partial charge is 0.255 e. The maximum Gasteiger partial charge on any atom is 0.255 e. The second kappa shape index (κ2) is 8.77. The molecule has 7 nitrogen and oxygen atoms in total. The van der Waals surface area contributed by atoms with Crippen molar-refractivity contribution in [2.45, 2.75) is 24.9 Å². The molecular weight excluding hydrogens is 415 g/mol. The molecule has 31 heavy (non-hydrogen) atoms. The van der Waals surface area contributed by atoms with Gasteiger partial charge < -0.3 is 15.4 Å². The predicted octanol–water partition coefficient (Wildman–Crippen LogP) is 2.29. The van der Waals surface area contributed by atoms with Crippen molar-refractivity contribution < 1.29 is 14.3 Å². The Morgan fingerprint density at radius 3 is 2.45 bits per heavy atom. The number of nitrogens with zero attached hydrogens (tertiary/aromatic N) is 2. The van der Waals surface area contributed by atoms with Crippen molar-refractivity contribution in [3.05, 3.63) is 77.3 Å². The summed E-state index contributed by atoms with van der Waals surface area (Å²) >= 11 is 5.90. The van der Waals surface area contributed by atoms with Crippen LogP contribution < -0.4 is 20.8 Å². The predicted molar refractivity (Wildman–Crippen MR) is 117 cm³/mol. The lowest BCUT2D eigenvalue weighted by Crippen LogP contribution is -2.48. The highest BCUT2D eigenvalue weighted by Crippen LogP contribution is 2.36. The van der Waals surface area contributed by atoms with Crippen molar-refractivity contribution in [2.24, 2.45) is 0 Å². The van der Waals surface area contributed by atoms with Gasteiger partial charge in [0.25, 0.3) is 5.91 Å². The van der Waals surface area contributed by atoms with Crippen LogP contribution in [0.2, 0.25) is 5.02 Å². The quantitative estimate of drug-likeness (QED) is 0.559. The van der Waals surface area contributed by atoms with Gasteiger partial charge in [-0.15, -0.1) is 0 Å². The van der Waals surface area contributed by atoms with Gasteiger partial charge in [0.2, 0.25) is 5.91 Å². The first kappa shape index (κ1) is 20.9. The van der Waals surface area contributed by atoms with E-state index in [-0.39, 0.29) is 11.8 Å². The molecule has 0 aliphatic heterocycles. The van der Waals surface area contributed by atoms with Crippen molar-refractivity contribution in [1.29, 1.82) is 0 Å². The number of halogens is 1. The standard InChI is InChI=1S/C22H18BClN4O3/c23-18-9-16(24)3-6-19(18)31-17-4-1-14(2-5-17)10-27-21(30)22(7-8-22)28-20(29)15-11-25-13-26-12-15/h1-6,9,11-13H,7-8,10H2,(H,27,30)(H,28,29). The van der Waals surface area contributed by atoms with Crippen LogP contribution in [0.5, 0.6) is 11.5 Å². The minimum atomic E-state index is -0.873. The molecule has 0 saturated heterocycles. The van der Waals surface area contributed by atoms with E-state index in [1.807, 2.05) is 12.1 Å². The molecule has 0 bridgehead atoms. The number of aromatic nitrogens is 2. The monoisotopic (exact) mass is 432 g/mol. The van der Waals surface area contributed by atoms with Gasteiger partial charge in [-0.25, -0.2) is 9.97 Å². The van der Waals surface area contributed by atoms with Gasteiger partial charge >= 0.3 is 0 Å². The zero-order chi connectivity index (χ0) is 21.8. The van der Waals surface area contributed by atoms with Gasteiger partial charge in [0.15, 0.2) is 0 Å². The summed E-state index contributed by atoms with van der Waals surface area (Å²) in [5, 5.41) is 6.22. The molecule has 9 heteroatoms. The average molecular weight is 433 g/mol. The van der Waals surface area contributed by atoms with Crippen LogP contribution in [0.1, 0.15) is 28.8 Å². The van der Waals surface area contributed by atoms with Crippen LogP contribution in [0.3, 0.4) is 0 Å². The molecule has 1 aliphatic rings. The Labute approximate surface area is 185 Å². The van der Waals surface area contributed by atoms with Crippen LogP contribution in [-0.2, 0) is 11.3 Å². The summed E-state index contributed by atoms with van der Waals surface area (Å²) in [6.07, 6.45) is 5.35. The first-order valence-electron chi connectivity index (χ1n) is 9.63. The Kier molecular flexibility index (Phi) is 5.91. The fourth-order valence-electron chi connectivity index (χ4n) is 3.01. The lowest BCUT2D eigenvalue weighted by Gasteiger charge is -2.17. The van der Waals surface area contributed by atoms with E-state index in [0.29, 0.717) is 46.9 Å². The molecule has 1 saturated carbocycles. The summed E-state index contributed by atoms with van der Waals surface area (Å²) in [6.45, 7) is 0.328. The first-order chi connectivity index (χ1) is 14.9. The molecule has 1 aromatic heterocycles. The van der Waals surface area contributed by atoms with Crippen LogP contribution >= 0.6 is 11.6 Å². The summed E-state index contributed by atoms with van der Waals surface area (Å²) in [7, 11) is 5.90. The summed E-state index contributed by atoms with van der Waals surface area (Å²) < 4.78 is 5.77. The Morgan fingerprint density at radius 1 is 1.10 bits per heavy atom. The molecule has 2 radical (unpaired) electrons. The molecule has 0 atom stereocenters. The van der Waals surface area contributed by atoms with Crippen LogP contribution in [0.15, 0.2) is 61.2 Å². The maximum absolute atomic E-state index is 12.6. The van der Waals surface area contributed by atoms with Gasteiger partial charge in [0.1, 0.15) is 31.2 Å². The van der Waals surface area contributed by atoms with Crippen molar-refractivity contribution in [2.75, 3.05) is 0 Å². The summed E-state index contributed by atoms with van der Waals surface area (Å²) in [4.78, 5) is 32.6. The van der Waals surface area contributed by atoms with E-state index in [0.717, 1.165) is 5.56 Å². The number of amides is 2. The molecule has 1 heterocycles. The third-order valence-corrected chi connectivity index (χ3v) is 5.17. The zero-order valence-electron chi connectivity index (χ0n) is 16.5. The van der Waals surface area contributed by atoms with E-state index >= 15 is 0 Å². The Morgan fingerprint density at radius 2 is 1.81 bits per heavy atom. The molecule has 1 fully saturated rings. The third-order valence-electron chi connectivity index (χ3n) is 4.94. The lowest BCUT2D eigenvalue weighted by atomic mass is 9.95. The second-order valence-electron chi connectivity index (χ2n) is 7.27. The summed E-state index contributed by atoms with van der Waals surface area (Å²) in [5.74, 6) is 0.545. The number of nitrogens with one attached hydrogen (secondary N) is 2. The molecule has 2 aromatic carbocycles. The topological polar surface area (TPSA) is 93.2 Å². The van der Waals surface area contributed by atoms with Gasteiger partial charge in [-0.2, -0.15) is 0 Å². The second-order valence-corrected chi connectivity index (χ2v) is 7.71. The first-order valence-corrected chi connectivity index (χ1v) is 10.0. The number of rotatable bonds is 7. The number of hydrogen-bond acceptors (Lipinski definition) is 5. The van der Waals surface area contributed by atoms with E-state index in [1.165, 1.54) is 18.7 Å². The highest BCUT2D eigenvalue weighted by atomic mass is 35.5. The van der Waals surface area contributed by atoms with E-state index < -0.39 is 5.54 Å². The normalized spacial score (nSPS) is 13.8. The van der Waals surface area contributed by atoms with Gasteiger partial charge in [-0.3, -0.25) is 9.59 Å². The molecule has 154 valence electrons. The summed E-state index contributed by atoms with van der Waals surface area (Å²) in [6, 6.07) is 12.3. The highest BCUT2D eigenvalue weighted by molar-refractivity contribution is 6.37. The third kappa shape index (κ3) is 5.03. The molecule has 0 unspecified atom stereocenters. The van der Waals surface area contributed by atoms with Crippen LogP contribution in [0, 0.1) is 0 Å². The van der Waals surface area contributed by atoms with E-state index in [4.69, 9.17) is 24.2 Å². The van der Waals surface area contributed by atoms with Crippen LogP contribution in [0.4, 0.5) is 0 Å². The largest absolute Gasteiger partial charge is 0.458 e. The van der Waals surface area contributed by atoms with Crippen molar-refractivity contribution in [1.82, 2.24) is 20.6 Å². The molecule has 3 aromatic rings. The van der Waals surface area contributed by atoms with E-state index in [2.05, 4.69) is 20.6 Å². The number of carbonyl (C=O) groups is 2. The van der Waals surface area contributed by atoms with Crippen molar-refractivity contribution in [3.8, 4) is 11.5 Å².